The Balaban J connectivity index is 1.25. The maximum atomic E-state index is 6.51. The van der Waals surface area contributed by atoms with Gasteiger partial charge in [-0.05, 0) is 53.6 Å². The van der Waals surface area contributed by atoms with Crippen LogP contribution in [0.1, 0.15) is 5.56 Å². The van der Waals surface area contributed by atoms with Crippen LogP contribution in [-0.2, 0) is 0 Å². The van der Waals surface area contributed by atoms with Crippen LogP contribution in [0.3, 0.4) is 0 Å². The Morgan fingerprint density at radius 3 is 2.02 bits per heavy atom. The number of nitrogens with zero attached hydrogens (tertiary/aromatic N) is 3. The Bertz CT molecular complexity index is 2880. The van der Waals surface area contributed by atoms with Crippen LogP contribution in [0.5, 0.6) is 0 Å². The molecule has 230 valence electrons. The summed E-state index contributed by atoms with van der Waals surface area (Å²) in [6, 6.07) is 55.4. The van der Waals surface area contributed by atoms with Gasteiger partial charge >= 0.3 is 0 Å². The molecule has 0 spiro atoms. The Morgan fingerprint density at radius 2 is 1.18 bits per heavy atom. The van der Waals surface area contributed by atoms with Crippen LogP contribution < -0.4 is 0 Å². The first kappa shape index (κ1) is 27.6. The smallest absolute Gasteiger partial charge is 0.235 e. The molecule has 0 aliphatic rings. The van der Waals surface area contributed by atoms with E-state index in [-0.39, 0.29) is 0 Å². The lowest BCUT2D eigenvalue weighted by Crippen LogP contribution is -2.04. The number of aromatic nitrogens is 3. The van der Waals surface area contributed by atoms with Gasteiger partial charge in [-0.25, -0.2) is 9.97 Å². The fourth-order valence-corrected chi connectivity index (χ4v) is 7.34. The molecule has 7 aromatic carbocycles. The van der Waals surface area contributed by atoms with E-state index in [9.17, 15) is 0 Å². The third kappa shape index (κ3) is 4.38. The molecule has 4 heteroatoms. The topological polar surface area (TPSA) is 43.9 Å². The van der Waals surface area contributed by atoms with E-state index in [2.05, 4.69) is 163 Å². The maximum Gasteiger partial charge on any atom is 0.235 e. The van der Waals surface area contributed by atoms with E-state index in [1.54, 1.807) is 0 Å². The molecule has 0 saturated heterocycles. The zero-order valence-corrected chi connectivity index (χ0v) is 26.8. The molecule has 3 aromatic heterocycles. The van der Waals surface area contributed by atoms with Gasteiger partial charge in [-0.2, -0.15) is 0 Å². The zero-order chi connectivity index (χ0) is 32.5. The van der Waals surface area contributed by atoms with Crippen molar-refractivity contribution in [2.24, 2.45) is 0 Å². The van der Waals surface area contributed by atoms with Crippen LogP contribution in [-0.4, -0.2) is 14.5 Å². The van der Waals surface area contributed by atoms with E-state index in [0.29, 0.717) is 5.95 Å². The van der Waals surface area contributed by atoms with Gasteiger partial charge in [-0.1, -0.05) is 133 Å². The Hall–Kier alpha value is -6.52. The third-order valence-electron chi connectivity index (χ3n) is 9.70. The summed E-state index contributed by atoms with van der Waals surface area (Å²) < 4.78 is 8.75. The number of para-hydroxylation sites is 2. The fourth-order valence-electron chi connectivity index (χ4n) is 7.34. The number of aryl methyl sites for hydroxylation is 1. The molecule has 0 radical (unpaired) electrons. The van der Waals surface area contributed by atoms with Crippen molar-refractivity contribution in [3.63, 3.8) is 0 Å². The summed E-state index contributed by atoms with van der Waals surface area (Å²) in [6.45, 7) is 2.11. The average Bonchev–Trinajstić information content (AvgIpc) is 3.71. The normalized spacial score (nSPS) is 11.8. The van der Waals surface area contributed by atoms with Crippen molar-refractivity contribution in [3.05, 3.63) is 163 Å². The highest BCUT2D eigenvalue weighted by atomic mass is 16.3. The van der Waals surface area contributed by atoms with Crippen LogP contribution in [0.15, 0.2) is 162 Å². The summed E-state index contributed by atoms with van der Waals surface area (Å²) in [4.78, 5) is 10.5. The number of furan rings is 1. The minimum Gasteiger partial charge on any atom is -0.456 e. The van der Waals surface area contributed by atoms with Gasteiger partial charge in [0, 0.05) is 38.2 Å². The molecule has 49 heavy (non-hydrogen) atoms. The van der Waals surface area contributed by atoms with Crippen LogP contribution in [0.4, 0.5) is 0 Å². The molecule has 0 aliphatic carbocycles. The van der Waals surface area contributed by atoms with Gasteiger partial charge < -0.3 is 4.42 Å². The summed E-state index contributed by atoms with van der Waals surface area (Å²) in [7, 11) is 0. The second kappa shape index (κ2) is 10.8. The molecule has 10 rings (SSSR count). The molecular formula is C45H29N3O. The minimum absolute atomic E-state index is 0.631. The summed E-state index contributed by atoms with van der Waals surface area (Å²) in [5.41, 5.74) is 11.1. The van der Waals surface area contributed by atoms with E-state index in [1.807, 2.05) is 6.07 Å². The predicted octanol–water partition coefficient (Wildman–Crippen LogP) is 11.9. The van der Waals surface area contributed by atoms with Gasteiger partial charge in [0.1, 0.15) is 11.2 Å². The molecular weight excluding hydrogens is 599 g/mol. The molecule has 3 heterocycles. The maximum absolute atomic E-state index is 6.51. The molecule has 0 bridgehead atoms. The lowest BCUT2D eigenvalue weighted by molar-refractivity contribution is 0.669. The predicted molar refractivity (Wildman–Crippen MR) is 202 cm³/mol. The third-order valence-corrected chi connectivity index (χ3v) is 9.70. The number of benzene rings is 7. The van der Waals surface area contributed by atoms with Crippen molar-refractivity contribution in [1.82, 2.24) is 14.5 Å². The number of hydrogen-bond donors (Lipinski definition) is 0. The highest BCUT2D eigenvalue weighted by Gasteiger charge is 2.20. The van der Waals surface area contributed by atoms with E-state index in [0.717, 1.165) is 77.4 Å². The minimum atomic E-state index is 0.631. The molecule has 0 aliphatic heterocycles. The largest absolute Gasteiger partial charge is 0.456 e. The highest BCUT2D eigenvalue weighted by Crippen LogP contribution is 2.41. The second-order valence-electron chi connectivity index (χ2n) is 12.7. The van der Waals surface area contributed by atoms with Gasteiger partial charge in [0.15, 0.2) is 0 Å². The lowest BCUT2D eigenvalue weighted by Gasteiger charge is -2.13. The first-order valence-electron chi connectivity index (χ1n) is 16.6. The Labute approximate surface area is 282 Å². The number of fused-ring (bicyclic) bond motifs is 8. The van der Waals surface area contributed by atoms with Crippen molar-refractivity contribution in [3.8, 4) is 39.6 Å². The van der Waals surface area contributed by atoms with E-state index in [1.165, 1.54) is 16.3 Å². The number of rotatable bonds is 4. The van der Waals surface area contributed by atoms with Crippen molar-refractivity contribution < 1.29 is 4.42 Å². The lowest BCUT2D eigenvalue weighted by atomic mass is 9.99. The van der Waals surface area contributed by atoms with Crippen molar-refractivity contribution in [2.75, 3.05) is 0 Å². The molecule has 0 fully saturated rings. The summed E-state index contributed by atoms with van der Waals surface area (Å²) in [5, 5.41) is 6.98. The summed E-state index contributed by atoms with van der Waals surface area (Å²) >= 11 is 0. The Kier molecular flexibility index (Phi) is 6.06. The average molecular weight is 628 g/mol. The quantitative estimate of drug-likeness (QED) is 0.195. The Morgan fingerprint density at radius 1 is 0.490 bits per heavy atom. The van der Waals surface area contributed by atoms with E-state index < -0.39 is 0 Å². The molecule has 0 amide bonds. The van der Waals surface area contributed by atoms with E-state index in [4.69, 9.17) is 14.4 Å². The highest BCUT2D eigenvalue weighted by molar-refractivity contribution is 6.19. The SMILES string of the molecule is Cc1ccc(-c2cc(-c3ccccc3)nc(-n3c4ccccc4c4cccc(-c5ccc6c(c5)oc5ccc7ccccc7c56)c43)n2)cc1. The van der Waals surface area contributed by atoms with Crippen molar-refractivity contribution in [1.29, 1.82) is 0 Å². The van der Waals surface area contributed by atoms with Crippen molar-refractivity contribution in [2.45, 2.75) is 6.92 Å². The molecule has 4 nitrogen and oxygen atoms in total. The van der Waals surface area contributed by atoms with Crippen LogP contribution in [0.25, 0.3) is 94.1 Å². The fraction of sp³-hybridized carbons (Fsp3) is 0.0222. The first-order chi connectivity index (χ1) is 24.2. The van der Waals surface area contributed by atoms with Gasteiger partial charge in [0.25, 0.3) is 0 Å². The molecule has 0 N–H and O–H groups in total. The molecule has 0 atom stereocenters. The van der Waals surface area contributed by atoms with E-state index >= 15 is 0 Å². The molecule has 0 unspecified atom stereocenters. The molecule has 0 saturated carbocycles. The van der Waals surface area contributed by atoms with Gasteiger partial charge in [0.05, 0.1) is 22.4 Å². The number of hydrogen-bond acceptors (Lipinski definition) is 3. The second-order valence-corrected chi connectivity index (χ2v) is 12.7. The first-order valence-corrected chi connectivity index (χ1v) is 16.6. The van der Waals surface area contributed by atoms with Crippen LogP contribution >= 0.6 is 0 Å². The molecule has 10 aromatic rings. The van der Waals surface area contributed by atoms with Crippen LogP contribution in [0.2, 0.25) is 0 Å². The van der Waals surface area contributed by atoms with Crippen LogP contribution in [0, 0.1) is 6.92 Å². The van der Waals surface area contributed by atoms with Gasteiger partial charge in [-0.15, -0.1) is 0 Å². The summed E-state index contributed by atoms with van der Waals surface area (Å²) in [6.07, 6.45) is 0. The monoisotopic (exact) mass is 627 g/mol. The van der Waals surface area contributed by atoms with Crippen molar-refractivity contribution >= 4 is 54.5 Å². The standard InChI is InChI=1S/C45H29N3O/c1-28-18-20-31(21-19-28)39-27-38(30-11-3-2-4-12-30)46-45(47-39)48-40-17-8-7-14-35(40)36-16-9-15-34(44(36)48)32-22-24-37-42(26-32)49-41-25-23-29-10-5-6-13-33(29)43(37)41/h2-27H,1H3. The van der Waals surface area contributed by atoms with Gasteiger partial charge in [0.2, 0.25) is 5.95 Å². The zero-order valence-electron chi connectivity index (χ0n) is 26.8. The van der Waals surface area contributed by atoms with Gasteiger partial charge in [-0.3, -0.25) is 4.57 Å². The summed E-state index contributed by atoms with van der Waals surface area (Å²) in [5.74, 6) is 0.631.